The third kappa shape index (κ3) is 14.4. The fraction of sp³-hybridized carbons (Fsp3) is 0.667. The van der Waals surface area contributed by atoms with E-state index in [1.54, 1.807) is 0 Å². The lowest BCUT2D eigenvalue weighted by molar-refractivity contribution is -0.134. The molecule has 0 saturated heterocycles. The van der Waals surface area contributed by atoms with Crippen LogP contribution in [0.15, 0.2) is 0 Å². The van der Waals surface area contributed by atoms with E-state index < -0.39 is 50.6 Å². The molecule has 6 nitrogen and oxygen atoms in total. The fourth-order valence-corrected chi connectivity index (χ4v) is 7.08. The lowest BCUT2D eigenvalue weighted by Gasteiger charge is -2.09. The number of carbonyl (C=O) groups is 1. The van der Waals surface area contributed by atoms with Crippen LogP contribution in [0.3, 0.4) is 0 Å². The highest BCUT2D eigenvalue weighted by Gasteiger charge is 2.28. The maximum absolute atomic E-state index is 13.5. The Kier molecular flexibility index (Phi) is 17.5. The Morgan fingerprint density at radius 2 is 1.32 bits per heavy atom. The first-order valence-corrected chi connectivity index (χ1v) is 17.9. The summed E-state index contributed by atoms with van der Waals surface area (Å²) in [6.07, 6.45) is 2.21. The zero-order valence-electron chi connectivity index (χ0n) is 20.1. The van der Waals surface area contributed by atoms with E-state index in [2.05, 4.69) is 4.74 Å². The molecule has 37 heavy (non-hydrogen) atoms. The molecule has 0 amide bonds. The van der Waals surface area contributed by atoms with Gasteiger partial charge in [0.15, 0.2) is 9.84 Å². The molecule has 0 N–H and O–H groups in total. The monoisotopic (exact) mass is 632 g/mol. The van der Waals surface area contributed by atoms with Crippen molar-refractivity contribution in [3.8, 4) is 5.75 Å². The van der Waals surface area contributed by atoms with E-state index in [4.69, 9.17) is 20.7 Å². The first-order valence-electron chi connectivity index (χ1n) is 11.0. The number of rotatable bonds is 20. The van der Waals surface area contributed by atoms with Crippen molar-refractivity contribution in [3.05, 3.63) is 29.1 Å². The molecule has 1 aromatic carbocycles. The van der Waals surface area contributed by atoms with Crippen molar-refractivity contribution in [3.63, 3.8) is 0 Å². The minimum Gasteiger partial charge on any atom is -0.420 e. The van der Waals surface area contributed by atoms with Crippen LogP contribution < -0.4 is 4.74 Å². The number of hydrogen-bond donors (Lipinski definition) is 0. The summed E-state index contributed by atoms with van der Waals surface area (Å²) in [6.45, 7) is 1.50. The average Bonchev–Trinajstić information content (AvgIpc) is 2.84. The third-order valence-electron chi connectivity index (χ3n) is 4.38. The zero-order chi connectivity index (χ0) is 27.8. The molecule has 0 radical (unpaired) electrons. The second-order valence-corrected chi connectivity index (χ2v) is 15.4. The van der Waals surface area contributed by atoms with E-state index in [1.165, 1.54) is 23.5 Å². The molecule has 1 aromatic rings. The summed E-state index contributed by atoms with van der Waals surface area (Å²) in [7, 11) is -3.20. The minimum absolute atomic E-state index is 0.141. The maximum atomic E-state index is 13.5. The van der Waals surface area contributed by atoms with E-state index in [0.29, 0.717) is 50.1 Å². The van der Waals surface area contributed by atoms with Gasteiger partial charge in [0.25, 0.3) is 0 Å². The van der Waals surface area contributed by atoms with Crippen LogP contribution >= 0.6 is 23.5 Å². The van der Waals surface area contributed by atoms with Crippen LogP contribution in [-0.2, 0) is 44.7 Å². The van der Waals surface area contributed by atoms with Crippen LogP contribution in [0.2, 0.25) is 0 Å². The van der Waals surface area contributed by atoms with Crippen molar-refractivity contribution in [1.82, 2.24) is 0 Å². The Balaban J connectivity index is 2.01. The topological polar surface area (TPSA) is 78.9 Å². The van der Waals surface area contributed by atoms with E-state index in [1.807, 2.05) is 6.26 Å². The molecule has 0 fully saturated rings. The number of carbonyl (C=O) groups excluding carboxylic acids is 1. The van der Waals surface area contributed by atoms with Gasteiger partial charge < -0.3 is 14.2 Å². The first kappa shape index (κ1) is 34.5. The van der Waals surface area contributed by atoms with Gasteiger partial charge in [-0.2, -0.15) is 32.3 Å². The standard InChI is InChI=1S/C21H29F5O6S5/c1-36(33)12-2-13-37(28,29)14-11-35-10-7-31-5-4-30-6-9-34-8-3-15(27)32-21-19(25)17(23)16(22)18(24)20(21)26/h2-14H2,1H3. The molecule has 0 aromatic heterocycles. The van der Waals surface area contributed by atoms with Gasteiger partial charge in [-0.05, 0) is 18.4 Å². The van der Waals surface area contributed by atoms with Crippen LogP contribution in [0.25, 0.3) is 0 Å². The molecule has 0 aliphatic heterocycles. The van der Waals surface area contributed by atoms with Gasteiger partial charge in [0, 0.05) is 23.0 Å². The van der Waals surface area contributed by atoms with E-state index in [9.17, 15) is 35.2 Å². The Morgan fingerprint density at radius 3 is 1.86 bits per heavy atom. The number of sulfone groups is 1. The van der Waals surface area contributed by atoms with Gasteiger partial charge in [-0.1, -0.05) is 11.2 Å². The number of thioether (sulfide) groups is 2. The number of ether oxygens (including phenoxy) is 3. The number of halogens is 5. The highest BCUT2D eigenvalue weighted by molar-refractivity contribution is 8.28. The molecular formula is C21H29F5O6S5. The summed E-state index contributed by atoms with van der Waals surface area (Å²) in [5, 5.41) is 0. The minimum atomic E-state index is -3.04. The largest absolute Gasteiger partial charge is 0.420 e. The molecule has 0 saturated carbocycles. The summed E-state index contributed by atoms with van der Waals surface area (Å²) < 4.78 is 105. The Morgan fingerprint density at radius 1 is 0.811 bits per heavy atom. The molecule has 214 valence electrons. The summed E-state index contributed by atoms with van der Waals surface area (Å²) in [5.74, 6) is -10.9. The highest BCUT2D eigenvalue weighted by atomic mass is 32.8. The normalized spacial score (nSPS) is 12.6. The molecule has 16 heteroatoms. The van der Waals surface area contributed by atoms with Crippen LogP contribution in [-0.4, -0.2) is 87.3 Å². The van der Waals surface area contributed by atoms with Crippen molar-refractivity contribution in [1.29, 1.82) is 0 Å². The summed E-state index contributed by atoms with van der Waals surface area (Å²) in [5.41, 5.74) is 0. The average molecular weight is 633 g/mol. The second-order valence-electron chi connectivity index (χ2n) is 7.36. The van der Waals surface area contributed by atoms with Crippen LogP contribution in [0.5, 0.6) is 5.75 Å². The lowest BCUT2D eigenvalue weighted by atomic mass is 10.2. The smallest absolute Gasteiger partial charge is 0.312 e. The number of esters is 1. The van der Waals surface area contributed by atoms with E-state index >= 15 is 0 Å². The van der Waals surface area contributed by atoms with Gasteiger partial charge >= 0.3 is 5.97 Å². The number of hydrogen-bond acceptors (Lipinski definition) is 9. The highest BCUT2D eigenvalue weighted by Crippen LogP contribution is 2.29. The number of benzene rings is 1. The summed E-state index contributed by atoms with van der Waals surface area (Å²) in [4.78, 5) is 11.6. The molecule has 1 atom stereocenters. The van der Waals surface area contributed by atoms with Crippen molar-refractivity contribution >= 4 is 60.0 Å². The SMILES string of the molecule is CS(=S)CCCS(=O)(=O)CCSCCOCCOCCSCCC(=O)Oc1c(F)c(F)c(F)c(F)c1F. The predicted molar refractivity (Wildman–Crippen MR) is 142 cm³/mol. The maximum Gasteiger partial charge on any atom is 0.312 e. The second kappa shape index (κ2) is 18.7. The molecule has 0 spiro atoms. The quantitative estimate of drug-likeness (QED) is 0.0534. The molecule has 1 unspecified atom stereocenters. The van der Waals surface area contributed by atoms with Crippen LogP contribution in [0, 0.1) is 29.1 Å². The van der Waals surface area contributed by atoms with Gasteiger partial charge in [0.1, 0.15) is 0 Å². The molecule has 0 heterocycles. The summed E-state index contributed by atoms with van der Waals surface area (Å²) in [6, 6.07) is 0. The third-order valence-corrected chi connectivity index (χ3v) is 9.63. The van der Waals surface area contributed by atoms with Gasteiger partial charge in [-0.25, -0.2) is 21.6 Å². The first-order chi connectivity index (χ1) is 17.5. The molecule has 0 bridgehead atoms. The zero-order valence-corrected chi connectivity index (χ0v) is 24.2. The molecule has 0 aliphatic carbocycles. The predicted octanol–water partition coefficient (Wildman–Crippen LogP) is 3.69. The summed E-state index contributed by atoms with van der Waals surface area (Å²) >= 11 is 7.83. The van der Waals surface area contributed by atoms with Crippen molar-refractivity contribution in [2.75, 3.05) is 73.0 Å². The van der Waals surface area contributed by atoms with Crippen molar-refractivity contribution in [2.24, 2.45) is 0 Å². The Labute approximate surface area is 229 Å². The van der Waals surface area contributed by atoms with Gasteiger partial charge in [-0.3, -0.25) is 4.79 Å². The van der Waals surface area contributed by atoms with E-state index in [-0.39, 0.29) is 33.1 Å². The molecular weight excluding hydrogens is 604 g/mol. The Hall–Kier alpha value is -0.520. The fourth-order valence-electron chi connectivity index (χ4n) is 2.53. The molecule has 0 aliphatic rings. The van der Waals surface area contributed by atoms with Crippen LogP contribution in [0.4, 0.5) is 22.0 Å². The van der Waals surface area contributed by atoms with Gasteiger partial charge in [0.2, 0.25) is 34.8 Å². The van der Waals surface area contributed by atoms with E-state index in [0.717, 1.165) is 5.75 Å². The Bertz CT molecular complexity index is 968. The van der Waals surface area contributed by atoms with Crippen molar-refractivity contribution in [2.45, 2.75) is 12.8 Å². The van der Waals surface area contributed by atoms with Gasteiger partial charge in [0.05, 0.1) is 44.4 Å². The molecule has 1 rings (SSSR count). The van der Waals surface area contributed by atoms with Crippen LogP contribution in [0.1, 0.15) is 12.8 Å². The van der Waals surface area contributed by atoms with Gasteiger partial charge in [-0.15, -0.1) is 9.45 Å². The lowest BCUT2D eigenvalue weighted by Crippen LogP contribution is -2.15. The van der Waals surface area contributed by atoms with Crippen molar-refractivity contribution < 1.29 is 49.4 Å².